The lowest BCUT2D eigenvalue weighted by molar-refractivity contribution is -0.571. The maximum atomic E-state index is 7.12. The first-order valence-electron chi connectivity index (χ1n) is 32.8. The number of ether oxygens (including phenoxy) is 3. The second kappa shape index (κ2) is 22.8. The molecule has 454 valence electrons. The van der Waals surface area contributed by atoms with E-state index in [2.05, 4.69) is 332 Å². The molecule has 0 bridgehead atoms. The molecule has 0 spiro atoms. The van der Waals surface area contributed by atoms with Crippen LogP contribution < -0.4 is 35.2 Å². The quantitative estimate of drug-likeness (QED) is 0.0736. The van der Waals surface area contributed by atoms with E-state index in [0.717, 1.165) is 156 Å². The van der Waals surface area contributed by atoms with Crippen molar-refractivity contribution in [2.75, 3.05) is 0 Å². The maximum Gasteiger partial charge on any atom is 0.269 e. The van der Waals surface area contributed by atoms with Crippen LogP contribution in [0.2, 0.25) is 0 Å². The van der Waals surface area contributed by atoms with Crippen molar-refractivity contribution < 1.29 is 18.8 Å². The molecule has 0 fully saturated rings. The SMILES string of the molecule is CC(C)(C)c1ccnc(-n2c3cc(Oc4cccc(-n5[c-][n+](-c6c(-c7cc(-c8ccccc8)cc(-c8ccccc8)c7)cccc6-c6cc(-c7ccccc7)cc(-c7ccccc7)c6)c6ccccc65)c4)ccc3c3c4c5c(cc32)Oc2ccccc2B5c2ccccc2O4)c1. The van der Waals surface area contributed by atoms with Gasteiger partial charge in [-0.05, 0) is 180 Å². The lowest BCUT2D eigenvalue weighted by atomic mass is 9.35. The minimum absolute atomic E-state index is 0.0823. The predicted octanol–water partition coefficient (Wildman–Crippen LogP) is 20.0. The molecule has 7 nitrogen and oxygen atoms in total. The maximum absolute atomic E-state index is 7.12. The van der Waals surface area contributed by atoms with Gasteiger partial charge >= 0.3 is 0 Å². The van der Waals surface area contributed by atoms with Crippen LogP contribution in [0.3, 0.4) is 0 Å². The van der Waals surface area contributed by atoms with Crippen LogP contribution >= 0.6 is 0 Å². The lowest BCUT2D eigenvalue weighted by Crippen LogP contribution is -2.57. The third kappa shape index (κ3) is 9.75. The molecular weight excluding hydrogens is 1170 g/mol. The zero-order valence-corrected chi connectivity index (χ0v) is 53.1. The van der Waals surface area contributed by atoms with Crippen LogP contribution in [0.15, 0.2) is 316 Å². The summed E-state index contributed by atoms with van der Waals surface area (Å²) in [7, 11) is 0. The van der Waals surface area contributed by atoms with E-state index in [-0.39, 0.29) is 12.1 Å². The molecule has 0 aliphatic carbocycles. The normalized spacial score (nSPS) is 12.3. The monoisotopic (exact) mass is 1230 g/mol. The number of imidazole rings is 1. The Labute approximate surface area is 557 Å². The van der Waals surface area contributed by atoms with Crippen molar-refractivity contribution in [1.82, 2.24) is 14.1 Å². The highest BCUT2D eigenvalue weighted by Gasteiger charge is 2.42. The zero-order valence-electron chi connectivity index (χ0n) is 53.1. The van der Waals surface area contributed by atoms with Crippen molar-refractivity contribution in [2.24, 2.45) is 0 Å². The molecule has 0 amide bonds. The molecule has 0 saturated heterocycles. The van der Waals surface area contributed by atoms with E-state index >= 15 is 0 Å². The number of fused-ring (bicyclic) bond motifs is 9. The number of pyridine rings is 1. The largest absolute Gasteiger partial charge is 0.458 e. The van der Waals surface area contributed by atoms with Crippen molar-refractivity contribution in [1.29, 1.82) is 0 Å². The molecule has 13 aromatic carbocycles. The molecular formula is C88H61BN4O3. The van der Waals surface area contributed by atoms with Crippen LogP contribution in [0.4, 0.5) is 0 Å². The van der Waals surface area contributed by atoms with Gasteiger partial charge in [-0.2, -0.15) is 0 Å². The highest BCUT2D eigenvalue weighted by Crippen LogP contribution is 2.47. The Kier molecular flexibility index (Phi) is 13.4. The summed E-state index contributed by atoms with van der Waals surface area (Å²) in [4.78, 5) is 5.11. The summed E-state index contributed by atoms with van der Waals surface area (Å²) in [5, 5.41) is 1.99. The molecule has 2 aliphatic rings. The predicted molar refractivity (Wildman–Crippen MR) is 391 cm³/mol. The fraction of sp³-hybridized carbons (Fsp3) is 0.0455. The van der Waals surface area contributed by atoms with Crippen LogP contribution in [0.5, 0.6) is 34.5 Å². The summed E-state index contributed by atoms with van der Waals surface area (Å²) in [6, 6.07) is 110. The van der Waals surface area contributed by atoms with Gasteiger partial charge < -0.3 is 14.2 Å². The summed E-state index contributed by atoms with van der Waals surface area (Å²) in [5.74, 6) is 5.33. The third-order valence-corrected chi connectivity index (χ3v) is 19.1. The molecule has 0 radical (unpaired) electrons. The number of hydrogen-bond acceptors (Lipinski definition) is 4. The van der Waals surface area contributed by atoms with Crippen molar-refractivity contribution >= 4 is 55.9 Å². The van der Waals surface area contributed by atoms with E-state index in [9.17, 15) is 0 Å². The fourth-order valence-electron chi connectivity index (χ4n) is 14.5. The standard InChI is InChI=1S/C88H61BN4O3/c1-88(2,3)67-44-45-90-83(52-67)93-78-54-70(42-43-73(78)84-79(93)55-82-85-87(84)96-81-41-21-17-37-75(81)89(85)74-36-16-20-40-80(74)95-82)94-69-33-22-32-68(53-69)91-56-92(77-39-19-18-38-76(77)91)86-71(65-48-61(57-24-8-4-9-25-57)46-62(49-65)58-26-10-5-11-27-58)34-23-35-72(86)66-50-63(59-28-12-6-13-29-59)47-64(51-66)60-30-14-7-15-31-60/h4-55H,1-3H3. The smallest absolute Gasteiger partial charge is 0.269 e. The molecule has 96 heavy (non-hydrogen) atoms. The molecule has 16 aromatic rings. The van der Waals surface area contributed by atoms with E-state index in [1.54, 1.807) is 0 Å². The Balaban J connectivity index is 0.808. The second-order valence-corrected chi connectivity index (χ2v) is 26.0. The number of para-hydroxylation sites is 5. The van der Waals surface area contributed by atoms with Gasteiger partial charge in [-0.15, -0.1) is 0 Å². The van der Waals surface area contributed by atoms with Crippen LogP contribution in [-0.4, -0.2) is 20.8 Å². The van der Waals surface area contributed by atoms with Gasteiger partial charge in [0.05, 0.1) is 38.8 Å². The Morgan fingerprint density at radius 3 is 1.53 bits per heavy atom. The van der Waals surface area contributed by atoms with Gasteiger partial charge in [-0.25, -0.2) is 4.98 Å². The van der Waals surface area contributed by atoms with E-state index in [4.69, 9.17) is 19.2 Å². The highest BCUT2D eigenvalue weighted by atomic mass is 16.5. The summed E-state index contributed by atoms with van der Waals surface area (Å²) < 4.78 is 27.8. The number of nitrogens with zero attached hydrogens (tertiary/aromatic N) is 4. The van der Waals surface area contributed by atoms with Gasteiger partial charge in [0.15, 0.2) is 0 Å². The molecule has 2 aliphatic heterocycles. The molecule has 8 heteroatoms. The summed E-state index contributed by atoms with van der Waals surface area (Å²) >= 11 is 0. The third-order valence-electron chi connectivity index (χ3n) is 19.1. The first kappa shape index (κ1) is 56.5. The van der Waals surface area contributed by atoms with Crippen molar-refractivity contribution in [3.05, 3.63) is 327 Å². The van der Waals surface area contributed by atoms with Crippen molar-refractivity contribution in [3.63, 3.8) is 0 Å². The van der Waals surface area contributed by atoms with Gasteiger partial charge in [0.2, 0.25) is 0 Å². The molecule has 0 unspecified atom stereocenters. The van der Waals surface area contributed by atoms with Gasteiger partial charge in [-0.1, -0.05) is 227 Å². The van der Waals surface area contributed by atoms with Crippen LogP contribution in [-0.2, 0) is 5.41 Å². The Morgan fingerprint density at radius 2 is 0.938 bits per heavy atom. The van der Waals surface area contributed by atoms with Crippen LogP contribution in [0, 0.1) is 6.33 Å². The number of aromatic nitrogens is 4. The van der Waals surface area contributed by atoms with Gasteiger partial charge in [0, 0.05) is 29.2 Å². The summed E-state index contributed by atoms with van der Waals surface area (Å²) in [6.45, 7) is 6.63. The minimum Gasteiger partial charge on any atom is -0.458 e. The number of benzene rings is 13. The lowest BCUT2D eigenvalue weighted by Gasteiger charge is -2.33. The average molecular weight is 1230 g/mol. The van der Waals surface area contributed by atoms with E-state index in [1.165, 1.54) is 5.56 Å². The van der Waals surface area contributed by atoms with E-state index in [1.807, 2.05) is 24.4 Å². The van der Waals surface area contributed by atoms with Gasteiger partial charge in [-0.3, -0.25) is 13.7 Å². The van der Waals surface area contributed by atoms with Gasteiger partial charge in [0.25, 0.3) is 13.0 Å². The molecule has 5 heterocycles. The Bertz CT molecular complexity index is 5470. The Hall–Kier alpha value is -12.3. The second-order valence-electron chi connectivity index (χ2n) is 26.0. The van der Waals surface area contributed by atoms with Crippen LogP contribution in [0.1, 0.15) is 26.3 Å². The number of rotatable bonds is 11. The molecule has 3 aromatic heterocycles. The summed E-state index contributed by atoms with van der Waals surface area (Å²) in [5.41, 5.74) is 23.3. The van der Waals surface area contributed by atoms with Crippen molar-refractivity contribution in [2.45, 2.75) is 26.2 Å². The number of hydrogen-bond donors (Lipinski definition) is 0. The van der Waals surface area contributed by atoms with Gasteiger partial charge in [0.1, 0.15) is 40.3 Å². The highest BCUT2D eigenvalue weighted by molar-refractivity contribution is 6.98. The minimum atomic E-state index is -0.136. The van der Waals surface area contributed by atoms with Crippen molar-refractivity contribution in [3.8, 4) is 118 Å². The molecule has 0 saturated carbocycles. The topological polar surface area (TPSA) is 54.3 Å². The molecule has 0 N–H and O–H groups in total. The van der Waals surface area contributed by atoms with E-state index < -0.39 is 0 Å². The summed E-state index contributed by atoms with van der Waals surface area (Å²) in [6.07, 6.45) is 5.91. The van der Waals surface area contributed by atoms with E-state index in [0.29, 0.717) is 11.5 Å². The average Bonchev–Trinajstić information content (AvgIpc) is 1.48. The molecule has 0 atom stereocenters. The first-order valence-corrected chi connectivity index (χ1v) is 32.8. The Morgan fingerprint density at radius 1 is 0.417 bits per heavy atom. The first-order chi connectivity index (χ1) is 47.2. The fourth-order valence-corrected chi connectivity index (χ4v) is 14.5. The molecule has 18 rings (SSSR count). The van der Waals surface area contributed by atoms with Crippen LogP contribution in [0.25, 0.3) is 117 Å². The zero-order chi connectivity index (χ0) is 64.0.